The summed E-state index contributed by atoms with van der Waals surface area (Å²) in [5, 5.41) is 21.3. The van der Waals surface area contributed by atoms with Gasteiger partial charge in [0.15, 0.2) is 5.69 Å². The topological polar surface area (TPSA) is 109 Å². The minimum absolute atomic E-state index is 0.0548. The van der Waals surface area contributed by atoms with Gasteiger partial charge in [0.2, 0.25) is 21.0 Å². The molecule has 1 fully saturated rings. The first kappa shape index (κ1) is 22.3. The predicted molar refractivity (Wildman–Crippen MR) is 121 cm³/mol. The number of aromatic nitrogens is 1. The number of nitrogens with one attached hydrogen (secondary N) is 1. The first-order valence-electron chi connectivity index (χ1n) is 9.65. The summed E-state index contributed by atoms with van der Waals surface area (Å²) in [6.45, 7) is 1.20. The van der Waals surface area contributed by atoms with E-state index >= 15 is 0 Å². The standard InChI is InChI=1S/C20H20FN5O4S2/c1-25-17-7-6-13(32(28,29)26-8-10-30-11-9-26)12-14(17)18(19(25)27)23-24-20(31)22-16-5-3-2-4-15(16)21/h2-7,12,27H,8-11H2,1H3,(H,22,31). The summed E-state index contributed by atoms with van der Waals surface area (Å²) in [5.74, 6) is -0.714. The average Bonchev–Trinajstić information content (AvgIpc) is 3.03. The largest absolute Gasteiger partial charge is 0.493 e. The maximum Gasteiger partial charge on any atom is 0.243 e. The first-order valence-corrected chi connectivity index (χ1v) is 11.5. The second kappa shape index (κ2) is 8.90. The Morgan fingerprint density at radius 3 is 2.66 bits per heavy atom. The van der Waals surface area contributed by atoms with Gasteiger partial charge in [-0.2, -0.15) is 4.31 Å². The van der Waals surface area contributed by atoms with Crippen LogP contribution in [0, 0.1) is 5.82 Å². The zero-order chi connectivity index (χ0) is 22.9. The molecule has 3 aromatic rings. The number of hydrogen-bond donors (Lipinski definition) is 2. The molecule has 2 N–H and O–H groups in total. The molecule has 0 aliphatic carbocycles. The van der Waals surface area contributed by atoms with Gasteiger partial charge in [-0.15, -0.1) is 10.2 Å². The second-order valence-corrected chi connectivity index (χ2v) is 9.36. The number of aromatic hydroxyl groups is 1. The number of nitrogens with zero attached hydrogens (tertiary/aromatic N) is 4. The third kappa shape index (κ3) is 4.21. The number of rotatable bonds is 4. The van der Waals surface area contributed by atoms with Crippen molar-refractivity contribution in [2.45, 2.75) is 4.90 Å². The molecule has 0 spiro atoms. The molecule has 1 aliphatic heterocycles. The van der Waals surface area contributed by atoms with E-state index in [1.54, 1.807) is 25.2 Å². The Bertz CT molecular complexity index is 1320. The third-order valence-corrected chi connectivity index (χ3v) is 7.16. The number of sulfonamides is 1. The number of thiocarbonyl (C=S) groups is 1. The van der Waals surface area contributed by atoms with E-state index in [1.165, 1.54) is 33.1 Å². The molecule has 2 aromatic carbocycles. The molecule has 0 bridgehead atoms. The fourth-order valence-electron chi connectivity index (χ4n) is 3.38. The molecule has 1 aromatic heterocycles. The summed E-state index contributed by atoms with van der Waals surface area (Å²) in [7, 11) is -2.13. The molecule has 168 valence electrons. The molecule has 0 saturated carbocycles. The number of hydrogen-bond acceptors (Lipinski definition) is 6. The Kier molecular flexibility index (Phi) is 6.20. The fourth-order valence-corrected chi connectivity index (χ4v) is 4.97. The van der Waals surface area contributed by atoms with E-state index < -0.39 is 15.8 Å². The molecule has 0 unspecified atom stereocenters. The number of aryl methyl sites for hydroxylation is 1. The number of fused-ring (bicyclic) bond motifs is 1. The van der Waals surface area contributed by atoms with Crippen molar-refractivity contribution in [2.24, 2.45) is 17.3 Å². The van der Waals surface area contributed by atoms with Crippen LogP contribution in [0.5, 0.6) is 5.88 Å². The number of anilines is 1. The molecule has 2 heterocycles. The Morgan fingerprint density at radius 1 is 1.22 bits per heavy atom. The van der Waals surface area contributed by atoms with E-state index in [2.05, 4.69) is 15.5 Å². The molecular weight excluding hydrogens is 457 g/mol. The molecule has 32 heavy (non-hydrogen) atoms. The molecule has 1 saturated heterocycles. The van der Waals surface area contributed by atoms with Crippen molar-refractivity contribution >= 4 is 49.6 Å². The van der Waals surface area contributed by atoms with Crippen LogP contribution >= 0.6 is 12.2 Å². The minimum Gasteiger partial charge on any atom is -0.493 e. The van der Waals surface area contributed by atoms with Crippen LogP contribution in [0.1, 0.15) is 0 Å². The molecule has 0 amide bonds. The minimum atomic E-state index is -3.74. The van der Waals surface area contributed by atoms with Crippen LogP contribution in [0.4, 0.5) is 15.8 Å². The zero-order valence-electron chi connectivity index (χ0n) is 17.0. The van der Waals surface area contributed by atoms with Gasteiger partial charge in [0.1, 0.15) is 5.82 Å². The Balaban J connectivity index is 1.67. The van der Waals surface area contributed by atoms with E-state index in [0.29, 0.717) is 24.1 Å². The number of morpholine rings is 1. The quantitative estimate of drug-likeness (QED) is 0.440. The summed E-state index contributed by atoms with van der Waals surface area (Å²) in [5.41, 5.74) is 0.752. The van der Waals surface area contributed by atoms with Crippen molar-refractivity contribution in [1.29, 1.82) is 0 Å². The van der Waals surface area contributed by atoms with Crippen LogP contribution in [-0.2, 0) is 21.8 Å². The number of halogens is 1. The Hall–Kier alpha value is -2.93. The lowest BCUT2D eigenvalue weighted by molar-refractivity contribution is 0.0730. The van der Waals surface area contributed by atoms with Gasteiger partial charge < -0.3 is 19.7 Å². The summed E-state index contributed by atoms with van der Waals surface area (Å²) >= 11 is 5.10. The summed E-state index contributed by atoms with van der Waals surface area (Å²) < 4.78 is 47.9. The summed E-state index contributed by atoms with van der Waals surface area (Å²) in [4.78, 5) is 0.0704. The number of benzene rings is 2. The smallest absolute Gasteiger partial charge is 0.243 e. The third-order valence-electron chi connectivity index (χ3n) is 5.08. The molecule has 12 heteroatoms. The van der Waals surface area contributed by atoms with Gasteiger partial charge in [-0.05, 0) is 42.5 Å². The molecule has 0 atom stereocenters. The van der Waals surface area contributed by atoms with Crippen molar-refractivity contribution in [1.82, 2.24) is 8.87 Å². The van der Waals surface area contributed by atoms with E-state index in [0.717, 1.165) is 0 Å². The van der Waals surface area contributed by atoms with E-state index in [1.807, 2.05) is 0 Å². The van der Waals surface area contributed by atoms with Crippen LogP contribution < -0.4 is 5.32 Å². The normalized spacial score (nSPS) is 15.4. The van der Waals surface area contributed by atoms with Crippen LogP contribution in [0.15, 0.2) is 57.6 Å². The van der Waals surface area contributed by atoms with Crippen molar-refractivity contribution in [3.63, 3.8) is 0 Å². The highest BCUT2D eigenvalue weighted by atomic mass is 32.2. The van der Waals surface area contributed by atoms with Crippen molar-refractivity contribution in [3.8, 4) is 5.88 Å². The zero-order valence-corrected chi connectivity index (χ0v) is 18.7. The number of ether oxygens (including phenoxy) is 1. The van der Waals surface area contributed by atoms with Crippen LogP contribution in [0.2, 0.25) is 0 Å². The van der Waals surface area contributed by atoms with Crippen molar-refractivity contribution < 1.29 is 22.7 Å². The highest BCUT2D eigenvalue weighted by Gasteiger charge is 2.27. The summed E-state index contributed by atoms with van der Waals surface area (Å²) in [6.07, 6.45) is 0. The summed E-state index contributed by atoms with van der Waals surface area (Å²) in [6, 6.07) is 10.5. The molecule has 1 aliphatic rings. The van der Waals surface area contributed by atoms with Gasteiger partial charge in [-0.1, -0.05) is 12.1 Å². The number of para-hydroxylation sites is 1. The second-order valence-electron chi connectivity index (χ2n) is 7.04. The van der Waals surface area contributed by atoms with Crippen LogP contribution in [-0.4, -0.2) is 53.8 Å². The van der Waals surface area contributed by atoms with Gasteiger partial charge in [0, 0.05) is 25.5 Å². The lowest BCUT2D eigenvalue weighted by Gasteiger charge is -2.26. The highest BCUT2D eigenvalue weighted by molar-refractivity contribution is 7.89. The molecule has 4 rings (SSSR count). The van der Waals surface area contributed by atoms with Crippen LogP contribution in [0.25, 0.3) is 10.9 Å². The van der Waals surface area contributed by atoms with Gasteiger partial charge in [-0.25, -0.2) is 12.8 Å². The van der Waals surface area contributed by atoms with Gasteiger partial charge in [-0.3, -0.25) is 0 Å². The van der Waals surface area contributed by atoms with Crippen molar-refractivity contribution in [2.75, 3.05) is 31.6 Å². The number of azo groups is 1. The fraction of sp³-hybridized carbons (Fsp3) is 0.250. The lowest BCUT2D eigenvalue weighted by Crippen LogP contribution is -2.40. The monoisotopic (exact) mass is 477 g/mol. The van der Waals surface area contributed by atoms with Crippen molar-refractivity contribution in [3.05, 3.63) is 48.3 Å². The van der Waals surface area contributed by atoms with E-state index in [4.69, 9.17) is 17.0 Å². The Morgan fingerprint density at radius 2 is 1.94 bits per heavy atom. The maximum atomic E-state index is 13.8. The molecule has 0 radical (unpaired) electrons. The highest BCUT2D eigenvalue weighted by Crippen LogP contribution is 2.39. The van der Waals surface area contributed by atoms with Gasteiger partial charge in [0.05, 0.1) is 29.3 Å². The lowest BCUT2D eigenvalue weighted by atomic mass is 10.2. The Labute approximate surface area is 189 Å². The molecule has 9 nitrogen and oxygen atoms in total. The maximum absolute atomic E-state index is 13.8. The molecular formula is C20H20FN5O4S2. The predicted octanol–water partition coefficient (Wildman–Crippen LogP) is 3.52. The van der Waals surface area contributed by atoms with E-state index in [9.17, 15) is 17.9 Å². The van der Waals surface area contributed by atoms with Gasteiger partial charge >= 0.3 is 0 Å². The van der Waals surface area contributed by atoms with E-state index in [-0.39, 0.29) is 40.4 Å². The SMILES string of the molecule is Cn1c(O)c(N=NC(=S)Nc2ccccc2F)c2cc(S(=O)(=O)N3CCOCC3)ccc21. The first-order chi connectivity index (χ1) is 15.3. The van der Waals surface area contributed by atoms with Crippen LogP contribution in [0.3, 0.4) is 0 Å². The van der Waals surface area contributed by atoms with Gasteiger partial charge in [0.25, 0.3) is 0 Å². The average molecular weight is 478 g/mol.